The SMILES string of the molecule is c1cncc(Cn2ccnc2-c2cnc3ccccn23)c1. The van der Waals surface area contributed by atoms with Gasteiger partial charge in [-0.2, -0.15) is 0 Å². The Hall–Kier alpha value is -2.95. The van der Waals surface area contributed by atoms with Gasteiger partial charge in [0.2, 0.25) is 0 Å². The maximum absolute atomic E-state index is 4.49. The van der Waals surface area contributed by atoms with Gasteiger partial charge in [0.15, 0.2) is 5.82 Å². The molecule has 0 amide bonds. The highest BCUT2D eigenvalue weighted by atomic mass is 15.1. The molecule has 4 aromatic rings. The number of hydrogen-bond donors (Lipinski definition) is 0. The second-order valence-corrected chi connectivity index (χ2v) is 4.81. The Morgan fingerprint density at radius 1 is 0.905 bits per heavy atom. The van der Waals surface area contributed by atoms with Crippen molar-refractivity contribution in [1.29, 1.82) is 0 Å². The molecule has 0 saturated carbocycles. The lowest BCUT2D eigenvalue weighted by Gasteiger charge is -2.07. The Labute approximate surface area is 121 Å². The van der Waals surface area contributed by atoms with Crippen LogP contribution in [0.15, 0.2) is 67.5 Å². The fourth-order valence-corrected chi connectivity index (χ4v) is 2.46. The van der Waals surface area contributed by atoms with Crippen molar-refractivity contribution >= 4 is 5.65 Å². The lowest BCUT2D eigenvalue weighted by atomic mass is 10.3. The third-order valence-corrected chi connectivity index (χ3v) is 3.44. The summed E-state index contributed by atoms with van der Waals surface area (Å²) in [5.41, 5.74) is 3.05. The molecule has 0 N–H and O–H groups in total. The van der Waals surface area contributed by atoms with Crippen molar-refractivity contribution in [3.05, 3.63) is 73.1 Å². The predicted molar refractivity (Wildman–Crippen MR) is 79.8 cm³/mol. The van der Waals surface area contributed by atoms with E-state index in [1.807, 2.05) is 59.7 Å². The van der Waals surface area contributed by atoms with Gasteiger partial charge in [-0.3, -0.25) is 9.38 Å². The summed E-state index contributed by atoms with van der Waals surface area (Å²) >= 11 is 0. The lowest BCUT2D eigenvalue weighted by Crippen LogP contribution is -2.02. The van der Waals surface area contributed by atoms with Crippen molar-refractivity contribution < 1.29 is 0 Å². The summed E-state index contributed by atoms with van der Waals surface area (Å²) in [5, 5.41) is 0. The summed E-state index contributed by atoms with van der Waals surface area (Å²) in [7, 11) is 0. The van der Waals surface area contributed by atoms with E-state index < -0.39 is 0 Å². The standard InChI is InChI=1S/C16H13N5/c1-2-8-21-14(11-19-15(21)5-1)16-18-7-9-20(16)12-13-4-3-6-17-10-13/h1-11H,12H2. The van der Waals surface area contributed by atoms with Crippen molar-refractivity contribution in [3.63, 3.8) is 0 Å². The number of fused-ring (bicyclic) bond motifs is 1. The van der Waals surface area contributed by atoms with E-state index in [1.165, 1.54) is 0 Å². The molecule has 0 radical (unpaired) electrons. The van der Waals surface area contributed by atoms with E-state index in [1.54, 1.807) is 6.20 Å². The molecule has 0 aliphatic rings. The first-order valence-corrected chi connectivity index (χ1v) is 6.74. The molecule has 4 aromatic heterocycles. The summed E-state index contributed by atoms with van der Waals surface area (Å²) < 4.78 is 4.15. The van der Waals surface area contributed by atoms with Crippen LogP contribution in [0.4, 0.5) is 0 Å². The third kappa shape index (κ3) is 2.08. The molecular formula is C16H13N5. The van der Waals surface area contributed by atoms with Crippen LogP contribution in [0.3, 0.4) is 0 Å². The highest BCUT2D eigenvalue weighted by Crippen LogP contribution is 2.19. The Morgan fingerprint density at radius 2 is 1.90 bits per heavy atom. The topological polar surface area (TPSA) is 48.0 Å². The van der Waals surface area contributed by atoms with Gasteiger partial charge in [-0.25, -0.2) is 9.97 Å². The molecule has 21 heavy (non-hydrogen) atoms. The number of nitrogens with zero attached hydrogens (tertiary/aromatic N) is 5. The maximum Gasteiger partial charge on any atom is 0.158 e. The maximum atomic E-state index is 4.49. The van der Waals surface area contributed by atoms with E-state index in [4.69, 9.17) is 0 Å². The van der Waals surface area contributed by atoms with Gasteiger partial charge in [0.1, 0.15) is 11.3 Å². The van der Waals surface area contributed by atoms with Gasteiger partial charge >= 0.3 is 0 Å². The molecule has 0 unspecified atom stereocenters. The fraction of sp³-hybridized carbons (Fsp3) is 0.0625. The van der Waals surface area contributed by atoms with Gasteiger partial charge in [0.25, 0.3) is 0 Å². The molecule has 0 aliphatic carbocycles. The Balaban J connectivity index is 1.78. The second kappa shape index (κ2) is 4.86. The first-order valence-electron chi connectivity index (χ1n) is 6.74. The van der Waals surface area contributed by atoms with Gasteiger partial charge < -0.3 is 4.57 Å². The second-order valence-electron chi connectivity index (χ2n) is 4.81. The van der Waals surface area contributed by atoms with Crippen LogP contribution in [0.1, 0.15) is 5.56 Å². The molecule has 5 heteroatoms. The molecule has 102 valence electrons. The molecular weight excluding hydrogens is 262 g/mol. The molecule has 0 aromatic carbocycles. The third-order valence-electron chi connectivity index (χ3n) is 3.44. The molecule has 0 aliphatic heterocycles. The summed E-state index contributed by atoms with van der Waals surface area (Å²) in [6.07, 6.45) is 11.3. The normalized spacial score (nSPS) is 11.0. The van der Waals surface area contributed by atoms with Crippen molar-refractivity contribution in [3.8, 4) is 11.5 Å². The van der Waals surface area contributed by atoms with Gasteiger partial charge in [-0.05, 0) is 23.8 Å². The van der Waals surface area contributed by atoms with Crippen molar-refractivity contribution in [2.75, 3.05) is 0 Å². The zero-order chi connectivity index (χ0) is 14.1. The van der Waals surface area contributed by atoms with Crippen LogP contribution >= 0.6 is 0 Å². The van der Waals surface area contributed by atoms with Gasteiger partial charge in [-0.15, -0.1) is 0 Å². The minimum Gasteiger partial charge on any atom is -0.325 e. The van der Waals surface area contributed by atoms with Gasteiger partial charge in [0.05, 0.1) is 12.7 Å². The molecule has 4 heterocycles. The Bertz CT molecular complexity index is 876. The van der Waals surface area contributed by atoms with E-state index in [2.05, 4.69) is 25.6 Å². The minimum absolute atomic E-state index is 0.739. The number of hydrogen-bond acceptors (Lipinski definition) is 3. The largest absolute Gasteiger partial charge is 0.325 e. The average molecular weight is 275 g/mol. The number of imidazole rings is 2. The smallest absolute Gasteiger partial charge is 0.158 e. The summed E-state index contributed by atoms with van der Waals surface area (Å²) in [6.45, 7) is 0.739. The van der Waals surface area contributed by atoms with E-state index in [9.17, 15) is 0 Å². The lowest BCUT2D eigenvalue weighted by molar-refractivity contribution is 0.798. The number of rotatable bonds is 3. The van der Waals surface area contributed by atoms with E-state index in [0.717, 1.165) is 29.3 Å². The van der Waals surface area contributed by atoms with Gasteiger partial charge in [0, 0.05) is 31.0 Å². The predicted octanol–water partition coefficient (Wildman–Crippen LogP) is 2.64. The zero-order valence-corrected chi connectivity index (χ0v) is 11.3. The van der Waals surface area contributed by atoms with E-state index >= 15 is 0 Å². The summed E-state index contributed by atoms with van der Waals surface area (Å²) in [4.78, 5) is 13.1. The van der Waals surface area contributed by atoms with Crippen LogP contribution in [-0.4, -0.2) is 23.9 Å². The highest BCUT2D eigenvalue weighted by Gasteiger charge is 2.11. The van der Waals surface area contributed by atoms with E-state index in [-0.39, 0.29) is 0 Å². The molecule has 0 atom stereocenters. The summed E-state index contributed by atoms with van der Waals surface area (Å²) in [5.74, 6) is 0.901. The van der Waals surface area contributed by atoms with Crippen LogP contribution in [-0.2, 0) is 6.54 Å². The van der Waals surface area contributed by atoms with Crippen LogP contribution in [0, 0.1) is 0 Å². The Kier molecular flexibility index (Phi) is 2.74. The minimum atomic E-state index is 0.739. The highest BCUT2D eigenvalue weighted by molar-refractivity contribution is 5.57. The van der Waals surface area contributed by atoms with Gasteiger partial charge in [-0.1, -0.05) is 12.1 Å². The van der Waals surface area contributed by atoms with Crippen LogP contribution in [0.5, 0.6) is 0 Å². The van der Waals surface area contributed by atoms with Crippen LogP contribution in [0.25, 0.3) is 17.2 Å². The quantitative estimate of drug-likeness (QED) is 0.577. The molecule has 4 rings (SSSR count). The number of aromatic nitrogens is 5. The number of pyridine rings is 2. The monoisotopic (exact) mass is 275 g/mol. The fourth-order valence-electron chi connectivity index (χ4n) is 2.46. The summed E-state index contributed by atoms with van der Waals surface area (Å²) in [6, 6.07) is 9.96. The van der Waals surface area contributed by atoms with E-state index in [0.29, 0.717) is 0 Å². The van der Waals surface area contributed by atoms with Crippen LogP contribution < -0.4 is 0 Å². The average Bonchev–Trinajstić information content (AvgIpc) is 3.14. The first-order chi connectivity index (χ1) is 10.4. The van der Waals surface area contributed by atoms with Crippen LogP contribution in [0.2, 0.25) is 0 Å². The van der Waals surface area contributed by atoms with Crippen molar-refractivity contribution in [1.82, 2.24) is 23.9 Å². The molecule has 5 nitrogen and oxygen atoms in total. The first kappa shape index (κ1) is 11.8. The molecule has 0 fully saturated rings. The Morgan fingerprint density at radius 3 is 2.81 bits per heavy atom. The molecule has 0 spiro atoms. The zero-order valence-electron chi connectivity index (χ0n) is 11.3. The molecule has 0 saturated heterocycles. The molecule has 0 bridgehead atoms. The van der Waals surface area contributed by atoms with Crippen molar-refractivity contribution in [2.45, 2.75) is 6.54 Å². The van der Waals surface area contributed by atoms with Crippen molar-refractivity contribution in [2.24, 2.45) is 0 Å².